The number of methoxy groups -OCH3 is 1. The van der Waals surface area contributed by atoms with Crippen molar-refractivity contribution in [2.75, 3.05) is 39.6 Å². The first kappa shape index (κ1) is 16.7. The van der Waals surface area contributed by atoms with E-state index >= 15 is 0 Å². The number of ether oxygens (including phenoxy) is 1. The fourth-order valence-corrected chi connectivity index (χ4v) is 1.48. The number of anilines is 1. The highest BCUT2D eigenvalue weighted by Crippen LogP contribution is 2.20. The molecular formula is C13H17F2N3O3. The summed E-state index contributed by atoms with van der Waals surface area (Å²) in [6.07, 6.45) is 0. The van der Waals surface area contributed by atoms with Crippen molar-refractivity contribution in [3.63, 3.8) is 0 Å². The molecule has 2 amide bonds. The lowest BCUT2D eigenvalue weighted by Gasteiger charge is -2.13. The van der Waals surface area contributed by atoms with Crippen molar-refractivity contribution in [3.05, 3.63) is 29.3 Å². The van der Waals surface area contributed by atoms with Crippen LogP contribution in [-0.2, 0) is 4.74 Å². The number of carbonyl (C=O) groups excluding carboxylic acids is 2. The Morgan fingerprint density at radius 3 is 2.43 bits per heavy atom. The molecule has 21 heavy (non-hydrogen) atoms. The molecule has 0 saturated heterocycles. The third-order valence-electron chi connectivity index (χ3n) is 2.61. The fraction of sp³-hybridized carbons (Fsp3) is 0.385. The molecule has 0 fully saturated rings. The van der Waals surface area contributed by atoms with Crippen LogP contribution in [0.3, 0.4) is 0 Å². The molecule has 0 aliphatic carbocycles. The largest absolute Gasteiger partial charge is 0.465 e. The summed E-state index contributed by atoms with van der Waals surface area (Å²) in [7, 11) is 4.26. The minimum atomic E-state index is -1.27. The predicted octanol–water partition coefficient (Wildman–Crippen LogP) is 1.43. The number of hydrogen-bond acceptors (Lipinski definition) is 4. The van der Waals surface area contributed by atoms with E-state index in [1.807, 2.05) is 0 Å². The average Bonchev–Trinajstić information content (AvgIpc) is 2.46. The van der Waals surface area contributed by atoms with Crippen LogP contribution in [0.2, 0.25) is 0 Å². The third kappa shape index (κ3) is 4.30. The smallest absolute Gasteiger partial charge is 0.340 e. The number of carbonyl (C=O) groups is 2. The highest BCUT2D eigenvalue weighted by Gasteiger charge is 2.18. The average molecular weight is 301 g/mol. The van der Waals surface area contributed by atoms with Crippen LogP contribution in [0.15, 0.2) is 12.1 Å². The lowest BCUT2D eigenvalue weighted by Crippen LogP contribution is -2.37. The fourth-order valence-electron chi connectivity index (χ4n) is 1.48. The molecule has 0 heterocycles. The maximum atomic E-state index is 13.7. The zero-order valence-corrected chi connectivity index (χ0v) is 12.0. The Bertz CT molecular complexity index is 536. The number of rotatable bonds is 5. The van der Waals surface area contributed by atoms with Crippen molar-refractivity contribution >= 4 is 17.7 Å². The lowest BCUT2D eigenvalue weighted by molar-refractivity contribution is 0.0594. The van der Waals surface area contributed by atoms with E-state index in [2.05, 4.69) is 15.4 Å². The molecule has 1 aromatic rings. The van der Waals surface area contributed by atoms with Crippen LogP contribution in [-0.4, -0.2) is 51.2 Å². The number of nitrogens with one attached hydrogen (secondary N) is 2. The maximum Gasteiger partial charge on any atom is 0.340 e. The number of nitrogens with zero attached hydrogens (tertiary/aromatic N) is 1. The second-order valence-corrected chi connectivity index (χ2v) is 4.33. The molecule has 0 atom stereocenters. The summed E-state index contributed by atoms with van der Waals surface area (Å²) in [6, 6.07) is 2.08. The van der Waals surface area contributed by atoms with E-state index < -0.39 is 23.2 Å². The Balaban J connectivity index is 2.63. The number of esters is 1. The molecule has 1 rings (SSSR count). The molecule has 6 nitrogen and oxygen atoms in total. The number of urea groups is 1. The zero-order chi connectivity index (χ0) is 16.0. The Hall–Kier alpha value is -2.38. The summed E-state index contributed by atoms with van der Waals surface area (Å²) in [6.45, 7) is 0.435. The van der Waals surface area contributed by atoms with E-state index in [0.717, 1.165) is 13.2 Å². The molecule has 2 N–H and O–H groups in total. The second-order valence-electron chi connectivity index (χ2n) is 4.33. The van der Waals surface area contributed by atoms with Gasteiger partial charge in [0.05, 0.1) is 18.4 Å². The molecular weight excluding hydrogens is 284 g/mol. The van der Waals surface area contributed by atoms with E-state index in [4.69, 9.17) is 0 Å². The summed E-state index contributed by atoms with van der Waals surface area (Å²) >= 11 is 0. The van der Waals surface area contributed by atoms with Gasteiger partial charge in [0.1, 0.15) is 0 Å². The minimum absolute atomic E-state index is 0.0979. The highest BCUT2D eigenvalue weighted by atomic mass is 19.2. The van der Waals surface area contributed by atoms with Gasteiger partial charge in [-0.05, 0) is 12.1 Å². The molecule has 0 aliphatic heterocycles. The molecule has 0 spiro atoms. The van der Waals surface area contributed by atoms with E-state index in [-0.39, 0.29) is 24.8 Å². The van der Waals surface area contributed by atoms with E-state index in [1.54, 1.807) is 14.1 Å². The lowest BCUT2D eigenvalue weighted by atomic mass is 10.2. The van der Waals surface area contributed by atoms with Crippen LogP contribution < -0.4 is 10.6 Å². The Morgan fingerprint density at radius 1 is 1.19 bits per heavy atom. The summed E-state index contributed by atoms with van der Waals surface area (Å²) < 4.78 is 31.7. The van der Waals surface area contributed by atoms with E-state index in [1.165, 1.54) is 11.0 Å². The summed E-state index contributed by atoms with van der Waals surface area (Å²) in [5.74, 6) is -3.39. The molecule has 0 bridgehead atoms. The van der Waals surface area contributed by atoms with E-state index in [9.17, 15) is 18.4 Å². The van der Waals surface area contributed by atoms with Crippen molar-refractivity contribution in [1.29, 1.82) is 0 Å². The monoisotopic (exact) mass is 301 g/mol. The van der Waals surface area contributed by atoms with Gasteiger partial charge in [-0.15, -0.1) is 0 Å². The van der Waals surface area contributed by atoms with Gasteiger partial charge in [-0.2, -0.15) is 0 Å². The molecule has 1 aromatic carbocycles. The molecule has 8 heteroatoms. The maximum absolute atomic E-state index is 13.7. The van der Waals surface area contributed by atoms with E-state index in [0.29, 0.717) is 0 Å². The molecule has 0 saturated carbocycles. The Labute approximate surface area is 121 Å². The van der Waals surface area contributed by atoms with Gasteiger partial charge >= 0.3 is 12.0 Å². The number of amides is 2. The summed E-state index contributed by atoms with van der Waals surface area (Å²) in [5, 5.41) is 5.19. The van der Waals surface area contributed by atoms with Crippen LogP contribution in [0.1, 0.15) is 10.4 Å². The van der Waals surface area contributed by atoms with Crippen molar-refractivity contribution in [2.45, 2.75) is 0 Å². The summed E-state index contributed by atoms with van der Waals surface area (Å²) in [4.78, 5) is 23.8. The van der Waals surface area contributed by atoms with Crippen LogP contribution >= 0.6 is 0 Å². The van der Waals surface area contributed by atoms with Gasteiger partial charge in [-0.3, -0.25) is 0 Å². The van der Waals surface area contributed by atoms with Crippen molar-refractivity contribution in [1.82, 2.24) is 10.2 Å². The van der Waals surface area contributed by atoms with Gasteiger partial charge < -0.3 is 20.3 Å². The number of hydrogen-bond donors (Lipinski definition) is 2. The molecule has 0 unspecified atom stereocenters. The van der Waals surface area contributed by atoms with Crippen LogP contribution in [0.4, 0.5) is 19.3 Å². The SMILES string of the molecule is COC(=O)c1ccc(NCCNC(=O)N(C)C)c(F)c1F. The van der Waals surface area contributed by atoms with Crippen LogP contribution in [0.5, 0.6) is 0 Å². The molecule has 0 aliphatic rings. The van der Waals surface area contributed by atoms with Crippen molar-refractivity contribution in [3.8, 4) is 0 Å². The first-order chi connectivity index (χ1) is 9.88. The number of halogens is 2. The zero-order valence-electron chi connectivity index (χ0n) is 12.0. The third-order valence-corrected chi connectivity index (χ3v) is 2.61. The molecule has 116 valence electrons. The molecule has 0 aromatic heterocycles. The normalized spacial score (nSPS) is 9.95. The topological polar surface area (TPSA) is 70.7 Å². The second kappa shape index (κ2) is 7.41. The van der Waals surface area contributed by atoms with Crippen LogP contribution in [0.25, 0.3) is 0 Å². The predicted molar refractivity (Wildman–Crippen MR) is 73.3 cm³/mol. The van der Waals surface area contributed by atoms with Crippen molar-refractivity contribution in [2.24, 2.45) is 0 Å². The van der Waals surface area contributed by atoms with Crippen LogP contribution in [0, 0.1) is 11.6 Å². The van der Waals surface area contributed by atoms with Gasteiger partial charge in [0.25, 0.3) is 0 Å². The first-order valence-electron chi connectivity index (χ1n) is 6.13. The molecule has 0 radical (unpaired) electrons. The van der Waals surface area contributed by atoms with Crippen molar-refractivity contribution < 1.29 is 23.1 Å². The quantitative estimate of drug-likeness (QED) is 0.637. The number of benzene rings is 1. The summed E-state index contributed by atoms with van der Waals surface area (Å²) in [5.41, 5.74) is -0.569. The van der Waals surface area contributed by atoms with Gasteiger partial charge in [-0.25, -0.2) is 18.4 Å². The first-order valence-corrected chi connectivity index (χ1v) is 6.13. The van der Waals surface area contributed by atoms with Gasteiger partial charge in [0.15, 0.2) is 11.6 Å². The standard InChI is InChI=1S/C13H17F2N3O3/c1-18(2)13(20)17-7-6-16-9-5-4-8(12(19)21-3)10(14)11(9)15/h4-5,16H,6-7H2,1-3H3,(H,17,20). The van der Waals surface area contributed by atoms with Gasteiger partial charge in [0, 0.05) is 27.2 Å². The van der Waals surface area contributed by atoms with Gasteiger partial charge in [0.2, 0.25) is 0 Å². The van der Waals surface area contributed by atoms with Gasteiger partial charge in [-0.1, -0.05) is 0 Å². The highest BCUT2D eigenvalue weighted by molar-refractivity contribution is 5.90. The Morgan fingerprint density at radius 2 is 1.86 bits per heavy atom. The Kier molecular flexibility index (Phi) is 5.89. The minimum Gasteiger partial charge on any atom is -0.465 e.